The summed E-state index contributed by atoms with van der Waals surface area (Å²) in [4.78, 5) is 26.1. The first kappa shape index (κ1) is 20.6. The lowest BCUT2D eigenvalue weighted by molar-refractivity contribution is -0.116. The van der Waals surface area contributed by atoms with Gasteiger partial charge in [-0.05, 0) is 47.7 Å². The molecule has 0 fully saturated rings. The van der Waals surface area contributed by atoms with Crippen LogP contribution in [0.2, 0.25) is 0 Å². The van der Waals surface area contributed by atoms with Gasteiger partial charge in [0.15, 0.2) is 17.3 Å². The van der Waals surface area contributed by atoms with Crippen LogP contribution in [0.25, 0.3) is 0 Å². The lowest BCUT2D eigenvalue weighted by atomic mass is 9.73. The summed E-state index contributed by atoms with van der Waals surface area (Å²) in [6, 6.07) is 13.5. The van der Waals surface area contributed by atoms with Gasteiger partial charge in [-0.3, -0.25) is 19.8 Å². The van der Waals surface area contributed by atoms with E-state index >= 15 is 0 Å². The maximum absolute atomic E-state index is 13.5. The van der Waals surface area contributed by atoms with Crippen LogP contribution in [0, 0.1) is 0 Å². The standard InChI is InChI=1S/C24H22BrN3O4/c1-31-18-8-5-13(11-19(18)32-2)14-9-16-21(17(29)10-14)20(12-3-6-15(25)7-4-12)22-23(26-16)27-28-24(22)30/h3-8,11,14,20H,9-10H2,1-2H3,(H3,26,27,28,30)/t14-,20-/m0/s1. The van der Waals surface area contributed by atoms with Crippen LogP contribution in [0.15, 0.2) is 63.0 Å². The molecule has 5 rings (SSSR count). The Balaban J connectivity index is 1.58. The number of methoxy groups -OCH3 is 2. The van der Waals surface area contributed by atoms with Crippen molar-refractivity contribution in [2.75, 3.05) is 19.5 Å². The van der Waals surface area contributed by atoms with Crippen LogP contribution in [-0.2, 0) is 4.79 Å². The van der Waals surface area contributed by atoms with Crippen molar-refractivity contribution in [3.63, 3.8) is 0 Å². The van der Waals surface area contributed by atoms with Crippen LogP contribution in [0.1, 0.15) is 41.4 Å². The lowest BCUT2D eigenvalue weighted by Crippen LogP contribution is -2.31. The van der Waals surface area contributed by atoms with Crippen molar-refractivity contribution < 1.29 is 14.3 Å². The zero-order valence-corrected chi connectivity index (χ0v) is 19.2. The van der Waals surface area contributed by atoms with Crippen molar-refractivity contribution in [1.82, 2.24) is 10.2 Å². The topological polar surface area (TPSA) is 96.2 Å². The zero-order valence-electron chi connectivity index (χ0n) is 17.6. The number of hydrogen-bond acceptors (Lipinski definition) is 5. The number of hydrogen-bond donors (Lipinski definition) is 3. The van der Waals surface area contributed by atoms with Crippen molar-refractivity contribution in [2.45, 2.75) is 24.7 Å². The van der Waals surface area contributed by atoms with Crippen LogP contribution in [0.4, 0.5) is 5.82 Å². The number of halogens is 1. The lowest BCUT2D eigenvalue weighted by Gasteiger charge is -2.34. The van der Waals surface area contributed by atoms with Gasteiger partial charge in [0.05, 0.1) is 19.8 Å². The number of H-pyrrole nitrogens is 2. The van der Waals surface area contributed by atoms with Crippen LogP contribution in [0.5, 0.6) is 11.5 Å². The predicted octanol–water partition coefficient (Wildman–Crippen LogP) is 4.44. The summed E-state index contributed by atoms with van der Waals surface area (Å²) in [7, 11) is 3.20. The van der Waals surface area contributed by atoms with E-state index < -0.39 is 5.92 Å². The Morgan fingerprint density at radius 2 is 1.62 bits per heavy atom. The second-order valence-corrected chi connectivity index (χ2v) is 8.93. The van der Waals surface area contributed by atoms with Gasteiger partial charge in [0.1, 0.15) is 5.82 Å². The fourth-order valence-corrected chi connectivity index (χ4v) is 5.02. The molecular weight excluding hydrogens is 474 g/mol. The van der Waals surface area contributed by atoms with Gasteiger partial charge in [0.2, 0.25) is 0 Å². The number of Topliss-reactive ketones (excluding diaryl/α,β-unsaturated/α-hetero) is 1. The molecule has 2 atom stereocenters. The van der Waals surface area contributed by atoms with E-state index in [-0.39, 0.29) is 17.3 Å². The third-order valence-corrected chi connectivity index (χ3v) is 6.79. The molecule has 0 unspecified atom stereocenters. The Morgan fingerprint density at radius 3 is 2.34 bits per heavy atom. The van der Waals surface area contributed by atoms with Crippen molar-refractivity contribution in [2.24, 2.45) is 0 Å². The van der Waals surface area contributed by atoms with E-state index in [0.29, 0.717) is 41.3 Å². The highest BCUT2D eigenvalue weighted by molar-refractivity contribution is 9.10. The SMILES string of the molecule is COc1ccc([C@@H]2CC(=O)C3=C(C2)Nc2[nH][nH]c(=O)c2[C@H]3c2ccc(Br)cc2)cc1OC. The molecule has 1 aliphatic carbocycles. The summed E-state index contributed by atoms with van der Waals surface area (Å²) in [6.07, 6.45) is 1.01. The molecule has 0 spiro atoms. The molecular formula is C24H22BrN3O4. The van der Waals surface area contributed by atoms with Gasteiger partial charge in [-0.2, -0.15) is 0 Å². The monoisotopic (exact) mass is 495 g/mol. The minimum absolute atomic E-state index is 0.00802. The molecule has 1 aliphatic heterocycles. The summed E-state index contributed by atoms with van der Waals surface area (Å²) in [5.41, 5.74) is 3.76. The molecule has 0 saturated heterocycles. The van der Waals surface area contributed by atoms with E-state index in [4.69, 9.17) is 9.47 Å². The largest absolute Gasteiger partial charge is 0.493 e. The molecule has 0 bridgehead atoms. The number of carbonyl (C=O) groups is 1. The zero-order chi connectivity index (χ0) is 22.4. The predicted molar refractivity (Wildman–Crippen MR) is 125 cm³/mol. The second kappa shape index (κ2) is 8.02. The number of allylic oxidation sites excluding steroid dienone is 2. The number of nitrogens with one attached hydrogen (secondary N) is 3. The minimum atomic E-state index is -0.414. The van der Waals surface area contributed by atoms with Crippen LogP contribution >= 0.6 is 15.9 Å². The van der Waals surface area contributed by atoms with Crippen LogP contribution < -0.4 is 20.3 Å². The maximum Gasteiger partial charge on any atom is 0.270 e. The average Bonchev–Trinajstić information content (AvgIpc) is 3.18. The van der Waals surface area contributed by atoms with E-state index in [1.54, 1.807) is 14.2 Å². The maximum atomic E-state index is 13.5. The van der Waals surface area contributed by atoms with Crippen LogP contribution in [-0.4, -0.2) is 30.2 Å². The highest BCUT2D eigenvalue weighted by Gasteiger charge is 2.40. The number of aromatic amines is 2. The molecule has 164 valence electrons. The van der Waals surface area contributed by atoms with Crippen molar-refractivity contribution in [1.29, 1.82) is 0 Å². The molecule has 2 heterocycles. The van der Waals surface area contributed by atoms with Gasteiger partial charge in [-0.1, -0.05) is 34.1 Å². The highest BCUT2D eigenvalue weighted by Crippen LogP contribution is 2.47. The van der Waals surface area contributed by atoms with Gasteiger partial charge in [-0.15, -0.1) is 0 Å². The molecule has 1 aromatic heterocycles. The fourth-order valence-electron chi connectivity index (χ4n) is 4.75. The Labute approximate surface area is 192 Å². The highest BCUT2D eigenvalue weighted by atomic mass is 79.9. The Hall–Kier alpha value is -3.26. The van der Waals surface area contributed by atoms with E-state index in [1.165, 1.54) is 0 Å². The number of benzene rings is 2. The number of ether oxygens (including phenoxy) is 2. The van der Waals surface area contributed by atoms with Gasteiger partial charge in [0, 0.05) is 28.1 Å². The summed E-state index contributed by atoms with van der Waals surface area (Å²) < 4.78 is 11.7. The van der Waals surface area contributed by atoms with Gasteiger partial charge in [0.25, 0.3) is 5.56 Å². The van der Waals surface area contributed by atoms with E-state index in [9.17, 15) is 9.59 Å². The fraction of sp³-hybridized carbons (Fsp3) is 0.250. The van der Waals surface area contributed by atoms with Gasteiger partial charge in [-0.25, -0.2) is 0 Å². The Bertz CT molecular complexity index is 1290. The molecule has 7 nitrogen and oxygen atoms in total. The van der Waals surface area contributed by atoms with Crippen molar-refractivity contribution >= 4 is 27.5 Å². The molecule has 8 heteroatoms. The molecule has 0 radical (unpaired) electrons. The Kier molecular flexibility index (Phi) is 5.17. The number of ketones is 1. The summed E-state index contributed by atoms with van der Waals surface area (Å²) >= 11 is 3.46. The molecule has 3 N–H and O–H groups in total. The number of rotatable bonds is 4. The molecule has 32 heavy (non-hydrogen) atoms. The Morgan fingerprint density at radius 1 is 0.906 bits per heavy atom. The third kappa shape index (κ3) is 3.35. The number of anilines is 1. The van der Waals surface area contributed by atoms with Crippen molar-refractivity contribution in [3.05, 3.63) is 85.3 Å². The normalized spacial score (nSPS) is 19.8. The third-order valence-electron chi connectivity index (χ3n) is 6.26. The minimum Gasteiger partial charge on any atom is -0.493 e. The number of fused-ring (bicyclic) bond motifs is 1. The summed E-state index contributed by atoms with van der Waals surface area (Å²) in [5.74, 6) is 1.52. The first-order valence-corrected chi connectivity index (χ1v) is 11.1. The first-order valence-electron chi connectivity index (χ1n) is 10.3. The molecule has 2 aliphatic rings. The van der Waals surface area contributed by atoms with Gasteiger partial charge >= 0.3 is 0 Å². The molecule has 0 saturated carbocycles. The molecule has 0 amide bonds. The smallest absolute Gasteiger partial charge is 0.270 e. The quantitative estimate of drug-likeness (QED) is 0.497. The van der Waals surface area contributed by atoms with Crippen LogP contribution in [0.3, 0.4) is 0 Å². The van der Waals surface area contributed by atoms with E-state index in [1.807, 2.05) is 42.5 Å². The average molecular weight is 496 g/mol. The van der Waals surface area contributed by atoms with Crippen molar-refractivity contribution in [3.8, 4) is 11.5 Å². The van der Waals surface area contributed by atoms with E-state index in [2.05, 4.69) is 31.4 Å². The molecule has 3 aromatic rings. The first-order chi connectivity index (χ1) is 15.5. The summed E-state index contributed by atoms with van der Waals surface area (Å²) in [5, 5.41) is 8.92. The summed E-state index contributed by atoms with van der Waals surface area (Å²) in [6.45, 7) is 0. The van der Waals surface area contributed by atoms with E-state index in [0.717, 1.165) is 21.3 Å². The number of carbonyl (C=O) groups excluding carboxylic acids is 1. The molecule has 2 aromatic carbocycles. The number of aromatic nitrogens is 2. The second-order valence-electron chi connectivity index (χ2n) is 8.01. The van der Waals surface area contributed by atoms with Gasteiger partial charge < -0.3 is 14.8 Å².